The number of carboxylic acid groups (broad SMARTS) is 1. The quantitative estimate of drug-likeness (QED) is 0.860. The lowest BCUT2D eigenvalue weighted by atomic mass is 10.1. The Morgan fingerprint density at radius 1 is 1.44 bits per heavy atom. The average molecular weight is 267 g/mol. The van der Waals surface area contributed by atoms with Gasteiger partial charge in [0, 0.05) is 5.56 Å². The smallest absolute Gasteiger partial charge is 0.339 e. The largest absolute Gasteiger partial charge is 0.496 e. The number of ether oxygens (including phenoxy) is 1. The van der Waals surface area contributed by atoms with Crippen molar-refractivity contribution in [3.8, 4) is 5.75 Å². The van der Waals surface area contributed by atoms with E-state index < -0.39 is 22.4 Å². The topological polar surface area (TPSA) is 92.7 Å². The maximum absolute atomic E-state index is 11.6. The molecule has 1 unspecified atom stereocenters. The van der Waals surface area contributed by atoms with Gasteiger partial charge in [0.25, 0.3) is 5.24 Å². The predicted octanol–water partition coefficient (Wildman–Crippen LogP) is 1.42. The Hall–Kier alpha value is -2.02. The number of carbonyl (C=O) groups is 3. The third kappa shape index (κ3) is 2.04. The van der Waals surface area contributed by atoms with Crippen LogP contribution >= 0.6 is 11.8 Å². The third-order valence-electron chi connectivity index (χ3n) is 2.45. The molecule has 1 saturated heterocycles. The number of hydrogen-bond acceptors (Lipinski definition) is 5. The molecule has 94 valence electrons. The number of carbonyl (C=O) groups excluding carboxylic acids is 2. The van der Waals surface area contributed by atoms with E-state index in [1.54, 1.807) is 6.07 Å². The molecule has 1 aliphatic heterocycles. The second-order valence-electron chi connectivity index (χ2n) is 3.51. The molecule has 7 heteroatoms. The summed E-state index contributed by atoms with van der Waals surface area (Å²) >= 11 is 0.804. The van der Waals surface area contributed by atoms with Gasteiger partial charge in [0.15, 0.2) is 0 Å². The van der Waals surface area contributed by atoms with Crippen LogP contribution < -0.4 is 10.1 Å². The van der Waals surface area contributed by atoms with Gasteiger partial charge in [-0.2, -0.15) is 0 Å². The second kappa shape index (κ2) is 4.69. The van der Waals surface area contributed by atoms with Crippen LogP contribution in [0.2, 0.25) is 0 Å². The molecule has 1 aromatic carbocycles. The number of benzene rings is 1. The number of carboxylic acids is 1. The first-order chi connectivity index (χ1) is 8.54. The van der Waals surface area contributed by atoms with Crippen molar-refractivity contribution >= 4 is 28.9 Å². The van der Waals surface area contributed by atoms with E-state index in [-0.39, 0.29) is 11.3 Å². The summed E-state index contributed by atoms with van der Waals surface area (Å²) in [5, 5.41) is 9.95. The minimum absolute atomic E-state index is 0.0391. The van der Waals surface area contributed by atoms with E-state index in [1.165, 1.54) is 19.2 Å². The van der Waals surface area contributed by atoms with Crippen LogP contribution in [-0.4, -0.2) is 29.3 Å². The van der Waals surface area contributed by atoms with Crippen molar-refractivity contribution in [1.29, 1.82) is 0 Å². The van der Waals surface area contributed by atoms with Gasteiger partial charge < -0.3 is 9.84 Å². The van der Waals surface area contributed by atoms with Gasteiger partial charge in [-0.15, -0.1) is 0 Å². The summed E-state index contributed by atoms with van der Waals surface area (Å²) in [5.41, 5.74) is 0.341. The molecular formula is C11H9NO5S. The molecule has 0 spiro atoms. The van der Waals surface area contributed by atoms with Crippen molar-refractivity contribution in [2.24, 2.45) is 0 Å². The molecule has 6 nitrogen and oxygen atoms in total. The van der Waals surface area contributed by atoms with Crippen LogP contribution in [-0.2, 0) is 4.79 Å². The Labute approximate surface area is 106 Å². The minimum atomic E-state index is -1.15. The van der Waals surface area contributed by atoms with Crippen molar-refractivity contribution in [3.63, 3.8) is 0 Å². The van der Waals surface area contributed by atoms with Crippen LogP contribution in [0.15, 0.2) is 18.2 Å². The van der Waals surface area contributed by atoms with E-state index in [1.807, 2.05) is 0 Å². The maximum atomic E-state index is 11.6. The molecule has 0 radical (unpaired) electrons. The first kappa shape index (κ1) is 12.4. The van der Waals surface area contributed by atoms with Gasteiger partial charge in [0.2, 0.25) is 5.91 Å². The molecule has 18 heavy (non-hydrogen) atoms. The van der Waals surface area contributed by atoms with Gasteiger partial charge in [0.05, 0.1) is 7.11 Å². The molecule has 1 aliphatic rings. The number of methoxy groups -OCH3 is 1. The van der Waals surface area contributed by atoms with E-state index in [4.69, 9.17) is 9.84 Å². The Morgan fingerprint density at radius 3 is 2.67 bits per heavy atom. The third-order valence-corrected chi connectivity index (χ3v) is 3.47. The van der Waals surface area contributed by atoms with Gasteiger partial charge in [-0.25, -0.2) is 4.79 Å². The minimum Gasteiger partial charge on any atom is -0.496 e. The van der Waals surface area contributed by atoms with Crippen LogP contribution in [0.5, 0.6) is 5.75 Å². The van der Waals surface area contributed by atoms with Crippen LogP contribution in [0.4, 0.5) is 4.79 Å². The van der Waals surface area contributed by atoms with E-state index in [0.29, 0.717) is 5.56 Å². The van der Waals surface area contributed by atoms with E-state index >= 15 is 0 Å². The van der Waals surface area contributed by atoms with E-state index in [0.717, 1.165) is 11.8 Å². The number of nitrogens with one attached hydrogen (secondary N) is 1. The maximum Gasteiger partial charge on any atom is 0.339 e. The fourth-order valence-corrected chi connectivity index (χ4v) is 2.57. The number of imide groups is 1. The highest BCUT2D eigenvalue weighted by molar-refractivity contribution is 8.15. The van der Waals surface area contributed by atoms with Crippen molar-refractivity contribution < 1.29 is 24.2 Å². The molecule has 0 bridgehead atoms. The highest BCUT2D eigenvalue weighted by Gasteiger charge is 2.35. The Kier molecular flexibility index (Phi) is 3.24. The zero-order chi connectivity index (χ0) is 13.3. The van der Waals surface area contributed by atoms with E-state index in [2.05, 4.69) is 5.32 Å². The highest BCUT2D eigenvalue weighted by atomic mass is 32.2. The number of thioether (sulfide) groups is 1. The van der Waals surface area contributed by atoms with Crippen LogP contribution in [0.1, 0.15) is 21.2 Å². The predicted molar refractivity (Wildman–Crippen MR) is 63.8 cm³/mol. The number of para-hydroxylation sites is 1. The Morgan fingerprint density at radius 2 is 2.17 bits per heavy atom. The molecule has 0 aliphatic carbocycles. The number of aromatic carboxylic acids is 1. The monoisotopic (exact) mass is 267 g/mol. The zero-order valence-corrected chi connectivity index (χ0v) is 10.1. The van der Waals surface area contributed by atoms with Crippen LogP contribution in [0.3, 0.4) is 0 Å². The summed E-state index contributed by atoms with van der Waals surface area (Å²) in [5.74, 6) is -1.51. The summed E-state index contributed by atoms with van der Waals surface area (Å²) in [6, 6.07) is 4.46. The molecule has 1 heterocycles. The molecule has 1 fully saturated rings. The molecule has 1 aromatic rings. The van der Waals surface area contributed by atoms with Gasteiger partial charge in [-0.05, 0) is 17.8 Å². The fraction of sp³-hybridized carbons (Fsp3) is 0.182. The van der Waals surface area contributed by atoms with E-state index in [9.17, 15) is 14.4 Å². The molecular weight excluding hydrogens is 258 g/mol. The summed E-state index contributed by atoms with van der Waals surface area (Å²) in [6.07, 6.45) is 0. The summed E-state index contributed by atoms with van der Waals surface area (Å²) in [4.78, 5) is 33.7. The summed E-state index contributed by atoms with van der Waals surface area (Å²) < 4.78 is 5.05. The lowest BCUT2D eigenvalue weighted by Gasteiger charge is -2.13. The van der Waals surface area contributed by atoms with Crippen molar-refractivity contribution in [2.45, 2.75) is 5.25 Å². The van der Waals surface area contributed by atoms with Gasteiger partial charge in [-0.1, -0.05) is 12.1 Å². The highest BCUT2D eigenvalue weighted by Crippen LogP contribution is 2.40. The van der Waals surface area contributed by atoms with Crippen molar-refractivity contribution in [1.82, 2.24) is 5.32 Å². The number of hydrogen-bond donors (Lipinski definition) is 2. The molecule has 2 N–H and O–H groups in total. The molecule has 1 atom stereocenters. The first-order valence-corrected chi connectivity index (χ1v) is 5.84. The number of rotatable bonds is 3. The zero-order valence-electron chi connectivity index (χ0n) is 9.30. The lowest BCUT2D eigenvalue weighted by molar-refractivity contribution is -0.119. The standard InChI is InChI=1S/C11H9NO5S/c1-17-7-5(3-2-4-6(7)10(14)15)8-9(13)12-11(16)18-8/h2-4,8H,1H3,(H,14,15)(H,12,13,16). The normalized spacial score (nSPS) is 18.6. The SMILES string of the molecule is COc1c(C(=O)O)cccc1C1SC(=O)NC1=O. The second-order valence-corrected chi connectivity index (χ2v) is 4.59. The van der Waals surface area contributed by atoms with Crippen molar-refractivity contribution in [2.75, 3.05) is 7.11 Å². The first-order valence-electron chi connectivity index (χ1n) is 4.96. The molecule has 2 rings (SSSR count). The number of amides is 2. The summed E-state index contributed by atoms with van der Waals surface area (Å²) in [6.45, 7) is 0. The van der Waals surface area contributed by atoms with Crippen molar-refractivity contribution in [3.05, 3.63) is 29.3 Å². The van der Waals surface area contributed by atoms with Gasteiger partial charge >= 0.3 is 5.97 Å². The molecule has 0 saturated carbocycles. The van der Waals surface area contributed by atoms with Gasteiger partial charge in [0.1, 0.15) is 16.6 Å². The average Bonchev–Trinajstić information content (AvgIpc) is 2.67. The van der Waals surface area contributed by atoms with Crippen LogP contribution in [0.25, 0.3) is 0 Å². The fourth-order valence-electron chi connectivity index (χ4n) is 1.72. The molecule has 0 aromatic heterocycles. The van der Waals surface area contributed by atoms with Gasteiger partial charge in [-0.3, -0.25) is 14.9 Å². The van der Waals surface area contributed by atoms with Crippen LogP contribution in [0, 0.1) is 0 Å². The Balaban J connectivity index is 2.51. The summed E-state index contributed by atoms with van der Waals surface area (Å²) in [7, 11) is 1.32. The lowest BCUT2D eigenvalue weighted by Crippen LogP contribution is -2.21. The molecule has 2 amide bonds. The Bertz CT molecular complexity index is 542.